The van der Waals surface area contributed by atoms with Crippen LogP contribution in [0.3, 0.4) is 0 Å². The largest absolute Gasteiger partial charge is 0.330 e. The van der Waals surface area contributed by atoms with Gasteiger partial charge in [0.05, 0.1) is 12.7 Å². The van der Waals surface area contributed by atoms with Gasteiger partial charge in [0.15, 0.2) is 5.69 Å². The van der Waals surface area contributed by atoms with Crippen LogP contribution < -0.4 is 17.0 Å². The van der Waals surface area contributed by atoms with E-state index < -0.39 is 5.91 Å². The molecule has 1 unspecified atom stereocenters. The van der Waals surface area contributed by atoms with Crippen molar-refractivity contribution >= 4 is 17.7 Å². The van der Waals surface area contributed by atoms with Gasteiger partial charge in [-0.1, -0.05) is 12.1 Å². The first-order chi connectivity index (χ1) is 8.17. The minimum Gasteiger partial charge on any atom is -0.330 e. The van der Waals surface area contributed by atoms with Crippen molar-refractivity contribution in [3.63, 3.8) is 0 Å². The Hall–Kier alpha value is -1.12. The summed E-state index contributed by atoms with van der Waals surface area (Å²) in [6, 6.07) is 0. The van der Waals surface area contributed by atoms with E-state index >= 15 is 0 Å². The van der Waals surface area contributed by atoms with Crippen LogP contribution in [0.2, 0.25) is 0 Å². The predicted molar refractivity (Wildman–Crippen MR) is 67.2 cm³/mol. The van der Waals surface area contributed by atoms with Crippen LogP contribution in [-0.4, -0.2) is 39.0 Å². The normalized spacial score (nSPS) is 12.4. The summed E-state index contributed by atoms with van der Waals surface area (Å²) in [5.41, 5.74) is 7.76. The smallest absolute Gasteiger partial charge is 0.287 e. The van der Waals surface area contributed by atoms with Crippen molar-refractivity contribution in [2.24, 2.45) is 17.5 Å². The fourth-order valence-corrected chi connectivity index (χ4v) is 2.12. The van der Waals surface area contributed by atoms with Crippen molar-refractivity contribution < 1.29 is 4.79 Å². The zero-order valence-corrected chi connectivity index (χ0v) is 10.6. The molecule has 1 aromatic rings. The average molecular weight is 258 g/mol. The molecule has 0 radical (unpaired) electrons. The molecule has 5 N–H and O–H groups in total. The zero-order chi connectivity index (χ0) is 12.7. The molecule has 1 atom stereocenters. The van der Waals surface area contributed by atoms with Crippen LogP contribution in [0.5, 0.6) is 0 Å². The minimum atomic E-state index is -0.430. The third-order valence-electron chi connectivity index (χ3n) is 2.17. The highest BCUT2D eigenvalue weighted by Crippen LogP contribution is 2.07. The summed E-state index contributed by atoms with van der Waals surface area (Å²) in [6.45, 7) is 3.54. The number of nitrogens with zero attached hydrogens (tertiary/aromatic N) is 3. The lowest BCUT2D eigenvalue weighted by Gasteiger charge is -2.06. The van der Waals surface area contributed by atoms with Gasteiger partial charge in [0, 0.05) is 5.75 Å². The number of nitrogens with two attached hydrogens (primary N) is 2. The molecular formula is C9H18N6OS. The van der Waals surface area contributed by atoms with Crippen molar-refractivity contribution in [2.45, 2.75) is 13.5 Å². The Balaban J connectivity index is 2.28. The molecule has 0 aliphatic carbocycles. The van der Waals surface area contributed by atoms with E-state index in [1.165, 1.54) is 0 Å². The third kappa shape index (κ3) is 4.72. The summed E-state index contributed by atoms with van der Waals surface area (Å²) in [5.74, 6) is 7.03. The highest BCUT2D eigenvalue weighted by Gasteiger charge is 2.08. The quantitative estimate of drug-likeness (QED) is 0.256. The number of nitrogen functional groups attached to an aromatic ring is 1. The molecule has 0 spiro atoms. The van der Waals surface area contributed by atoms with E-state index in [1.54, 1.807) is 10.9 Å². The van der Waals surface area contributed by atoms with E-state index in [4.69, 9.17) is 11.6 Å². The van der Waals surface area contributed by atoms with Gasteiger partial charge in [0.25, 0.3) is 5.91 Å². The molecule has 17 heavy (non-hydrogen) atoms. The van der Waals surface area contributed by atoms with Gasteiger partial charge >= 0.3 is 0 Å². The molecule has 1 heterocycles. The number of hydrogen-bond donors (Lipinski definition) is 3. The number of amides is 1. The Kier molecular flexibility index (Phi) is 5.95. The first kappa shape index (κ1) is 13.9. The number of carbonyl (C=O) groups excluding carboxylic acids is 1. The highest BCUT2D eigenvalue weighted by atomic mass is 32.2. The third-order valence-corrected chi connectivity index (χ3v) is 3.45. The lowest BCUT2D eigenvalue weighted by molar-refractivity contribution is 0.0948. The monoisotopic (exact) mass is 258 g/mol. The van der Waals surface area contributed by atoms with Gasteiger partial charge in [0.2, 0.25) is 0 Å². The summed E-state index contributed by atoms with van der Waals surface area (Å²) in [6.07, 6.45) is 1.58. The average Bonchev–Trinajstić information content (AvgIpc) is 2.82. The van der Waals surface area contributed by atoms with E-state index in [2.05, 4.69) is 17.2 Å². The number of hydrazine groups is 1. The number of aryl methyl sites for hydroxylation is 1. The number of rotatable bonds is 7. The number of nitrogens with one attached hydrogen (secondary N) is 1. The maximum absolute atomic E-state index is 11.1. The molecule has 0 saturated heterocycles. The topological polar surface area (TPSA) is 112 Å². The summed E-state index contributed by atoms with van der Waals surface area (Å²) in [7, 11) is 0. The molecule has 0 aliphatic heterocycles. The van der Waals surface area contributed by atoms with E-state index in [0.717, 1.165) is 11.5 Å². The predicted octanol–water partition coefficient (Wildman–Crippen LogP) is -0.790. The molecule has 7 nitrogen and oxygen atoms in total. The fraction of sp³-hybridized carbons (Fsp3) is 0.667. The molecule has 0 saturated carbocycles. The molecular weight excluding hydrogens is 240 g/mol. The van der Waals surface area contributed by atoms with Crippen molar-refractivity contribution in [2.75, 3.05) is 18.1 Å². The van der Waals surface area contributed by atoms with Gasteiger partial charge in [-0.25, -0.2) is 5.84 Å². The van der Waals surface area contributed by atoms with Gasteiger partial charge in [-0.15, -0.1) is 5.10 Å². The molecule has 1 amide bonds. The Morgan fingerprint density at radius 2 is 2.47 bits per heavy atom. The second kappa shape index (κ2) is 7.25. The van der Waals surface area contributed by atoms with Gasteiger partial charge < -0.3 is 5.73 Å². The standard InChI is InChI=1S/C9H18N6OS/c1-7(4-10)6-17-3-2-15-5-8(13-14-15)9(16)12-11/h5,7H,2-4,6,10-11H2,1H3,(H,12,16). The highest BCUT2D eigenvalue weighted by molar-refractivity contribution is 7.99. The second-order valence-electron chi connectivity index (χ2n) is 3.76. The molecule has 0 aromatic carbocycles. The molecule has 0 fully saturated rings. The Morgan fingerprint density at radius 3 is 3.12 bits per heavy atom. The maximum Gasteiger partial charge on any atom is 0.287 e. The summed E-state index contributed by atoms with van der Waals surface area (Å²) < 4.78 is 1.63. The first-order valence-electron chi connectivity index (χ1n) is 5.36. The molecule has 8 heteroatoms. The molecule has 0 aliphatic rings. The maximum atomic E-state index is 11.1. The Labute approximate surface area is 104 Å². The van der Waals surface area contributed by atoms with Crippen LogP contribution in [0.15, 0.2) is 6.20 Å². The number of carbonyl (C=O) groups is 1. The van der Waals surface area contributed by atoms with Crippen LogP contribution in [-0.2, 0) is 6.54 Å². The summed E-state index contributed by atoms with van der Waals surface area (Å²) in [5, 5.41) is 7.54. The Morgan fingerprint density at radius 1 is 1.71 bits per heavy atom. The van der Waals surface area contributed by atoms with E-state index in [0.29, 0.717) is 19.0 Å². The number of thioether (sulfide) groups is 1. The van der Waals surface area contributed by atoms with Crippen molar-refractivity contribution in [1.29, 1.82) is 0 Å². The van der Waals surface area contributed by atoms with Gasteiger partial charge in [-0.2, -0.15) is 11.8 Å². The molecule has 1 rings (SSSR count). The van der Waals surface area contributed by atoms with E-state index in [9.17, 15) is 4.79 Å². The minimum absolute atomic E-state index is 0.229. The molecule has 1 aromatic heterocycles. The molecule has 96 valence electrons. The van der Waals surface area contributed by atoms with Crippen molar-refractivity contribution in [1.82, 2.24) is 20.4 Å². The van der Waals surface area contributed by atoms with Crippen LogP contribution >= 0.6 is 11.8 Å². The SMILES string of the molecule is CC(CN)CSCCn1cc(C(=O)NN)nn1. The van der Waals surface area contributed by atoms with Crippen LogP contribution in [0.1, 0.15) is 17.4 Å². The lowest BCUT2D eigenvalue weighted by atomic mass is 10.2. The van der Waals surface area contributed by atoms with E-state index in [-0.39, 0.29) is 5.69 Å². The van der Waals surface area contributed by atoms with Gasteiger partial charge in [-0.05, 0) is 18.2 Å². The van der Waals surface area contributed by atoms with Gasteiger partial charge in [-0.3, -0.25) is 14.9 Å². The van der Waals surface area contributed by atoms with Crippen LogP contribution in [0, 0.1) is 5.92 Å². The zero-order valence-electron chi connectivity index (χ0n) is 9.80. The number of aromatic nitrogens is 3. The van der Waals surface area contributed by atoms with Crippen molar-refractivity contribution in [3.05, 3.63) is 11.9 Å². The lowest BCUT2D eigenvalue weighted by Crippen LogP contribution is -2.30. The summed E-state index contributed by atoms with van der Waals surface area (Å²) >= 11 is 1.81. The summed E-state index contributed by atoms with van der Waals surface area (Å²) in [4.78, 5) is 11.1. The van der Waals surface area contributed by atoms with Crippen LogP contribution in [0.25, 0.3) is 0 Å². The molecule has 0 bridgehead atoms. The van der Waals surface area contributed by atoms with E-state index in [1.807, 2.05) is 17.2 Å². The Bertz CT molecular complexity index is 355. The van der Waals surface area contributed by atoms with Crippen molar-refractivity contribution in [3.8, 4) is 0 Å². The van der Waals surface area contributed by atoms with Gasteiger partial charge in [0.1, 0.15) is 0 Å². The second-order valence-corrected chi connectivity index (χ2v) is 4.91. The van der Waals surface area contributed by atoms with Crippen LogP contribution in [0.4, 0.5) is 0 Å². The number of hydrogen-bond acceptors (Lipinski definition) is 6. The first-order valence-corrected chi connectivity index (χ1v) is 6.51. The fourth-order valence-electron chi connectivity index (χ4n) is 1.10.